The Kier molecular flexibility index (Phi) is 11.6. The van der Waals surface area contributed by atoms with Crippen molar-refractivity contribution < 1.29 is 9.47 Å². The molecule has 4 heteroatoms. The predicted molar refractivity (Wildman–Crippen MR) is 114 cm³/mol. The van der Waals surface area contributed by atoms with Gasteiger partial charge in [-0.1, -0.05) is 44.4 Å². The molecule has 0 saturated heterocycles. The van der Waals surface area contributed by atoms with Gasteiger partial charge in [0.2, 0.25) is 0 Å². The molecule has 2 rings (SSSR count). The van der Waals surface area contributed by atoms with E-state index in [-0.39, 0.29) is 0 Å². The van der Waals surface area contributed by atoms with Gasteiger partial charge in [-0.3, -0.25) is 4.98 Å². The number of rotatable bonds is 16. The van der Waals surface area contributed by atoms with E-state index in [0.717, 1.165) is 63.4 Å². The molecule has 2 aromatic rings. The Balaban J connectivity index is 1.40. The minimum Gasteiger partial charge on any atom is -0.384 e. The lowest BCUT2D eigenvalue weighted by molar-refractivity contribution is 0.112. The molecule has 0 amide bonds. The highest BCUT2D eigenvalue weighted by molar-refractivity contribution is 5.90. The van der Waals surface area contributed by atoms with Crippen LogP contribution < -0.4 is 5.32 Å². The number of aromatic nitrogens is 1. The summed E-state index contributed by atoms with van der Waals surface area (Å²) in [6, 6.07) is 10.3. The van der Waals surface area contributed by atoms with Gasteiger partial charge >= 0.3 is 0 Å². The molecule has 0 spiro atoms. The molecule has 0 saturated carbocycles. The quantitative estimate of drug-likeness (QED) is 0.377. The van der Waals surface area contributed by atoms with Gasteiger partial charge in [0.25, 0.3) is 0 Å². The van der Waals surface area contributed by atoms with Crippen molar-refractivity contribution in [2.24, 2.45) is 0 Å². The van der Waals surface area contributed by atoms with Crippen LogP contribution in [0.25, 0.3) is 10.9 Å². The Bertz CT molecular complexity index is 613. The Labute approximate surface area is 164 Å². The highest BCUT2D eigenvalue weighted by Gasteiger charge is 2.00. The summed E-state index contributed by atoms with van der Waals surface area (Å²) in [5.41, 5.74) is 2.18. The fourth-order valence-electron chi connectivity index (χ4n) is 3.07. The van der Waals surface area contributed by atoms with E-state index in [1.165, 1.54) is 37.5 Å². The van der Waals surface area contributed by atoms with Crippen LogP contribution in [0.3, 0.4) is 0 Å². The van der Waals surface area contributed by atoms with Gasteiger partial charge in [0.15, 0.2) is 0 Å². The molecular formula is C23H36N2O2. The van der Waals surface area contributed by atoms with Crippen LogP contribution in [0.4, 0.5) is 5.69 Å². The van der Waals surface area contributed by atoms with Crippen molar-refractivity contribution >= 4 is 16.6 Å². The highest BCUT2D eigenvalue weighted by atomic mass is 16.5. The maximum atomic E-state index is 5.74. The van der Waals surface area contributed by atoms with Gasteiger partial charge in [-0.2, -0.15) is 0 Å². The third-order valence-corrected chi connectivity index (χ3v) is 4.65. The normalized spacial score (nSPS) is 11.1. The van der Waals surface area contributed by atoms with Crippen LogP contribution in [0.15, 0.2) is 36.5 Å². The van der Waals surface area contributed by atoms with Crippen LogP contribution in [0, 0.1) is 0 Å². The lowest BCUT2D eigenvalue weighted by Crippen LogP contribution is -2.07. The SMILES string of the molecule is CCCCCCOCCCCCOCCCNc1ccnc2ccccc12. The summed E-state index contributed by atoms with van der Waals surface area (Å²) in [5, 5.41) is 4.67. The van der Waals surface area contributed by atoms with E-state index in [2.05, 4.69) is 29.4 Å². The number of ether oxygens (including phenoxy) is 2. The first kappa shape index (κ1) is 21.6. The fourth-order valence-corrected chi connectivity index (χ4v) is 3.07. The summed E-state index contributed by atoms with van der Waals surface area (Å²) in [4.78, 5) is 4.39. The van der Waals surface area contributed by atoms with E-state index in [1.54, 1.807) is 0 Å². The van der Waals surface area contributed by atoms with Gasteiger partial charge in [0, 0.05) is 50.2 Å². The summed E-state index contributed by atoms with van der Waals surface area (Å²) >= 11 is 0. The smallest absolute Gasteiger partial charge is 0.0722 e. The average molecular weight is 373 g/mol. The van der Waals surface area contributed by atoms with Gasteiger partial charge in [0.05, 0.1) is 5.52 Å². The number of pyridine rings is 1. The molecule has 1 aromatic carbocycles. The Morgan fingerprint density at radius 1 is 0.778 bits per heavy atom. The number of fused-ring (bicyclic) bond motifs is 1. The number of nitrogens with zero attached hydrogens (tertiary/aromatic N) is 1. The molecule has 0 aliphatic rings. The summed E-state index contributed by atoms with van der Waals surface area (Å²) in [6.45, 7) is 6.65. The number of hydrogen-bond acceptors (Lipinski definition) is 4. The molecule has 150 valence electrons. The van der Waals surface area contributed by atoms with Gasteiger partial charge < -0.3 is 14.8 Å². The molecule has 27 heavy (non-hydrogen) atoms. The molecule has 1 aromatic heterocycles. The number of anilines is 1. The average Bonchev–Trinajstić information content (AvgIpc) is 2.71. The molecule has 4 nitrogen and oxygen atoms in total. The van der Waals surface area contributed by atoms with Crippen LogP contribution in [0.1, 0.15) is 58.3 Å². The Morgan fingerprint density at radius 2 is 1.44 bits per heavy atom. The van der Waals surface area contributed by atoms with Crippen molar-refractivity contribution in [2.75, 3.05) is 38.3 Å². The van der Waals surface area contributed by atoms with Crippen LogP contribution in [-0.4, -0.2) is 38.0 Å². The summed E-state index contributed by atoms with van der Waals surface area (Å²) in [7, 11) is 0. The van der Waals surface area contributed by atoms with E-state index >= 15 is 0 Å². The van der Waals surface area contributed by atoms with E-state index in [9.17, 15) is 0 Å². The topological polar surface area (TPSA) is 43.4 Å². The minimum absolute atomic E-state index is 0.809. The van der Waals surface area contributed by atoms with Crippen molar-refractivity contribution in [3.8, 4) is 0 Å². The second-order valence-electron chi connectivity index (χ2n) is 7.00. The molecule has 0 fully saturated rings. The molecule has 0 aliphatic carbocycles. The molecule has 0 radical (unpaired) electrons. The van der Waals surface area contributed by atoms with Crippen molar-refractivity contribution in [3.05, 3.63) is 36.5 Å². The molecule has 0 atom stereocenters. The summed E-state index contributed by atoms with van der Waals surface area (Å²) in [6.07, 6.45) is 11.5. The number of nitrogens with one attached hydrogen (secondary N) is 1. The van der Waals surface area contributed by atoms with Crippen LogP contribution >= 0.6 is 0 Å². The second-order valence-corrected chi connectivity index (χ2v) is 7.00. The summed E-state index contributed by atoms with van der Waals surface area (Å²) < 4.78 is 11.4. The van der Waals surface area contributed by atoms with Crippen molar-refractivity contribution in [2.45, 2.75) is 58.3 Å². The highest BCUT2D eigenvalue weighted by Crippen LogP contribution is 2.20. The molecular weight excluding hydrogens is 336 g/mol. The largest absolute Gasteiger partial charge is 0.384 e. The van der Waals surface area contributed by atoms with Gasteiger partial charge in [-0.15, -0.1) is 0 Å². The van der Waals surface area contributed by atoms with E-state index in [1.807, 2.05) is 24.4 Å². The first-order chi connectivity index (χ1) is 13.4. The van der Waals surface area contributed by atoms with Crippen molar-refractivity contribution in [3.63, 3.8) is 0 Å². The monoisotopic (exact) mass is 372 g/mol. The number of unbranched alkanes of at least 4 members (excludes halogenated alkanes) is 5. The third kappa shape index (κ3) is 9.21. The number of para-hydroxylation sites is 1. The van der Waals surface area contributed by atoms with E-state index in [4.69, 9.17) is 9.47 Å². The molecule has 0 bridgehead atoms. The van der Waals surface area contributed by atoms with Gasteiger partial charge in [-0.25, -0.2) is 0 Å². The second kappa shape index (κ2) is 14.4. The van der Waals surface area contributed by atoms with Crippen LogP contribution in [0.2, 0.25) is 0 Å². The zero-order valence-corrected chi connectivity index (χ0v) is 16.9. The van der Waals surface area contributed by atoms with Crippen molar-refractivity contribution in [1.82, 2.24) is 4.98 Å². The third-order valence-electron chi connectivity index (χ3n) is 4.65. The Hall–Kier alpha value is -1.65. The lowest BCUT2D eigenvalue weighted by atomic mass is 10.2. The standard InChI is InChI=1S/C23H36N2O2/c1-2-3-4-8-17-26-18-9-5-10-19-27-20-11-15-24-23-14-16-25-22-13-7-6-12-21(22)23/h6-7,12-14,16H,2-5,8-11,15,17-20H2,1H3,(H,24,25). The lowest BCUT2D eigenvalue weighted by Gasteiger charge is -2.09. The zero-order chi connectivity index (χ0) is 19.0. The first-order valence-electron chi connectivity index (χ1n) is 10.6. The minimum atomic E-state index is 0.809. The van der Waals surface area contributed by atoms with Crippen LogP contribution in [-0.2, 0) is 9.47 Å². The van der Waals surface area contributed by atoms with E-state index < -0.39 is 0 Å². The van der Waals surface area contributed by atoms with Gasteiger partial charge in [0.1, 0.15) is 0 Å². The van der Waals surface area contributed by atoms with Crippen LogP contribution in [0.5, 0.6) is 0 Å². The van der Waals surface area contributed by atoms with E-state index in [0.29, 0.717) is 0 Å². The zero-order valence-electron chi connectivity index (χ0n) is 16.9. The van der Waals surface area contributed by atoms with Gasteiger partial charge in [-0.05, 0) is 44.2 Å². The molecule has 1 N–H and O–H groups in total. The predicted octanol–water partition coefficient (Wildman–Crippen LogP) is 5.82. The van der Waals surface area contributed by atoms with Crippen molar-refractivity contribution in [1.29, 1.82) is 0 Å². The molecule has 1 heterocycles. The Morgan fingerprint density at radius 3 is 2.19 bits per heavy atom. The summed E-state index contributed by atoms with van der Waals surface area (Å²) in [5.74, 6) is 0. The maximum absolute atomic E-state index is 5.74. The molecule has 0 aliphatic heterocycles. The number of hydrogen-bond donors (Lipinski definition) is 1. The fraction of sp³-hybridized carbons (Fsp3) is 0.609. The number of benzene rings is 1. The maximum Gasteiger partial charge on any atom is 0.0722 e. The first-order valence-corrected chi connectivity index (χ1v) is 10.6. The molecule has 0 unspecified atom stereocenters.